The van der Waals surface area contributed by atoms with E-state index in [1.54, 1.807) is 0 Å². The first-order valence-electron chi connectivity index (χ1n) is 16.2. The van der Waals surface area contributed by atoms with Crippen LogP contribution in [0.25, 0.3) is 0 Å². The summed E-state index contributed by atoms with van der Waals surface area (Å²) in [5, 5.41) is 2.95. The van der Waals surface area contributed by atoms with Crippen LogP contribution in [0.3, 0.4) is 0 Å². The predicted molar refractivity (Wildman–Crippen MR) is 201 cm³/mol. The molecule has 5 nitrogen and oxygen atoms in total. The number of unbranched alkanes of at least 4 members (excludes halogenated alkanes) is 10. The Bertz CT molecular complexity index is 695. The Morgan fingerprint density at radius 3 is 1.95 bits per heavy atom. The molecule has 40 heavy (non-hydrogen) atoms. The molecule has 0 aliphatic rings. The first-order valence-corrected chi connectivity index (χ1v) is 18.3. The quantitative estimate of drug-likeness (QED) is 0.0365. The van der Waals surface area contributed by atoms with Crippen molar-refractivity contribution >= 4 is 106 Å². The van der Waals surface area contributed by atoms with Crippen molar-refractivity contribution in [3.8, 4) is 0 Å². The van der Waals surface area contributed by atoms with Gasteiger partial charge in [0.25, 0.3) is 6.47 Å². The molecule has 0 aromatic heterocycles. The van der Waals surface area contributed by atoms with E-state index in [0.717, 1.165) is 38.4 Å². The number of ether oxygens (including phenoxy) is 1. The van der Waals surface area contributed by atoms with Crippen molar-refractivity contribution in [3.05, 3.63) is 0 Å². The smallest absolute Gasteiger partial charge is 1.00 e. The van der Waals surface area contributed by atoms with Gasteiger partial charge in [0.15, 0.2) is 6.23 Å². The fourth-order valence-corrected chi connectivity index (χ4v) is 12.0. The van der Waals surface area contributed by atoms with Crippen LogP contribution >= 0.6 is 0 Å². The molecule has 0 aromatic rings. The van der Waals surface area contributed by atoms with Crippen LogP contribution in [0.2, 0.25) is 0 Å². The Labute approximate surface area is 280 Å². The average molecular weight is 558 g/mol. The van der Waals surface area contributed by atoms with Gasteiger partial charge < -0.3 is 4.74 Å². The molecular weight excluding hydrogens is 503 g/mol. The van der Waals surface area contributed by atoms with E-state index in [2.05, 4.69) is 69.4 Å². The summed E-state index contributed by atoms with van der Waals surface area (Å²) < 4.78 is 4.61. The van der Waals surface area contributed by atoms with Gasteiger partial charge in [-0.05, 0) is 0 Å². The summed E-state index contributed by atoms with van der Waals surface area (Å²) >= 11 is 0. The third kappa shape index (κ3) is 20.9. The number of carbonyl (C=O) groups is 2. The van der Waals surface area contributed by atoms with Gasteiger partial charge in [-0.25, -0.2) is 0 Å². The van der Waals surface area contributed by atoms with Crippen molar-refractivity contribution < 1.29 is 43.9 Å². The average Bonchev–Trinajstić information content (AvgIpc) is 2.88. The van der Waals surface area contributed by atoms with Crippen molar-refractivity contribution in [1.29, 1.82) is 0 Å². The summed E-state index contributed by atoms with van der Waals surface area (Å²) in [4.78, 5) is 22.2. The number of rotatable bonds is 26. The molecule has 0 bridgehead atoms. The van der Waals surface area contributed by atoms with Gasteiger partial charge in [0, 0.05) is 6.42 Å². The minimum atomic E-state index is -0.816. The third-order valence-corrected chi connectivity index (χ3v) is 13.1. The number of nitrogens with one attached hydrogen (secondary N) is 1. The van der Waals surface area contributed by atoms with Crippen LogP contribution in [-0.4, -0.2) is 121 Å². The number of carbonyl (C=O) groups excluding carboxylic acids is 2. The van der Waals surface area contributed by atoms with Crippen LogP contribution in [0, 0.1) is 0 Å². The normalized spacial score (nSPS) is 12.6. The Hall–Kier alpha value is 1.03. The maximum atomic E-state index is 11.9. The van der Waals surface area contributed by atoms with Crippen LogP contribution in [0.4, 0.5) is 0 Å². The molecule has 0 aliphatic carbocycles. The first kappa shape index (κ1) is 43.2. The van der Waals surface area contributed by atoms with Crippen LogP contribution in [0.5, 0.6) is 0 Å². The Morgan fingerprint density at radius 2 is 1.48 bits per heavy atom. The van der Waals surface area contributed by atoms with Gasteiger partial charge in [-0.15, -0.1) is 0 Å². The SMILES string of the molecule is [10BH-][10BH][10B]([10BH2])[10B]=[S+](CCCCCCCC)(CCCCCCCCNC(=O)CCC(N)OC=O)[10B]([10B]([10BH2])[10BH2])[10B]([10BH2])[10BH2].[Na+]. The molecule has 0 saturated heterocycles. The molecule has 0 aromatic carbocycles. The van der Waals surface area contributed by atoms with E-state index in [1.165, 1.54) is 75.7 Å². The van der Waals surface area contributed by atoms with Gasteiger partial charge in [0.05, 0.1) is 0 Å². The van der Waals surface area contributed by atoms with Gasteiger partial charge >= 0.3 is 248 Å². The second-order valence-electron chi connectivity index (χ2n) is 12.3. The van der Waals surface area contributed by atoms with Gasteiger partial charge in [-0.1, -0.05) is 0 Å². The second-order valence-corrected chi connectivity index (χ2v) is 16.0. The van der Waals surface area contributed by atoms with E-state index in [0.29, 0.717) is 25.8 Å². The number of hydrogen-bond acceptors (Lipinski definition) is 4. The molecule has 0 heterocycles. The molecule has 208 valence electrons. The monoisotopic (exact) mass is 558 g/mol. The van der Waals surface area contributed by atoms with Gasteiger partial charge in [-0.2, -0.15) is 0 Å². The van der Waals surface area contributed by atoms with Crippen LogP contribution in [0.15, 0.2) is 0 Å². The summed E-state index contributed by atoms with van der Waals surface area (Å²) in [7, 11) is 16.7. The molecular formula is C21H54B12N2NaO3S+. The zero-order chi connectivity index (χ0) is 29.5. The van der Waals surface area contributed by atoms with Crippen molar-refractivity contribution in [2.45, 2.75) is 103 Å². The molecule has 0 saturated carbocycles. The summed E-state index contributed by atoms with van der Waals surface area (Å²) in [6, 6.07) is 2.83. The molecule has 0 spiro atoms. The minimum absolute atomic E-state index is 0. The summed E-state index contributed by atoms with van der Waals surface area (Å²) in [6.45, 7) is 3.33. The van der Waals surface area contributed by atoms with Crippen molar-refractivity contribution in [2.24, 2.45) is 5.73 Å². The molecule has 1 amide bonds. The van der Waals surface area contributed by atoms with Crippen LogP contribution in [-0.2, 0) is 23.6 Å². The van der Waals surface area contributed by atoms with Crippen LogP contribution in [0.1, 0.15) is 96.8 Å². The van der Waals surface area contributed by atoms with Crippen molar-refractivity contribution in [1.82, 2.24) is 5.32 Å². The van der Waals surface area contributed by atoms with E-state index < -0.39 is 15.5 Å². The topological polar surface area (TPSA) is 81.4 Å². The number of hydrogen-bond donors (Lipinski definition) is 2. The Kier molecular flexibility index (Phi) is 29.7. The summed E-state index contributed by atoms with van der Waals surface area (Å²) in [5.41, 5.74) is 5.58. The number of nitrogens with two attached hydrogens (primary N) is 1. The molecule has 2 unspecified atom stereocenters. The standard InChI is InChI=1S/C21H53B12N2O3S.Na/c1-2-3-4-5-9-12-17-39(29-32(27)28-22,33(30(23)24)31(25)26)18-13-10-7-6-8-11-16-35-21(37)15-14-20(34)38-19-36;/h19-20,22,28H,2-18,23-27,34H2,1H3;/q-1;+1/p+1/i22-1,23-1,24-1,25-1,26-1,27-1,28-1,29-1,30-1,31-1,32-1,33-1;. The van der Waals surface area contributed by atoms with E-state index in [4.69, 9.17) is 5.73 Å². The summed E-state index contributed by atoms with van der Waals surface area (Å²) in [5.74, 6) is 3.57. The molecule has 0 rings (SSSR count). The minimum Gasteiger partial charge on any atom is 1.00 e. The van der Waals surface area contributed by atoms with Gasteiger partial charge in [0.1, 0.15) is 0 Å². The molecule has 0 aliphatic heterocycles. The first-order chi connectivity index (χ1) is 18.6. The van der Waals surface area contributed by atoms with E-state index in [-0.39, 0.29) is 41.9 Å². The van der Waals surface area contributed by atoms with Gasteiger partial charge in [0.2, 0.25) is 0 Å². The third-order valence-electron chi connectivity index (χ3n) is 7.85. The second kappa shape index (κ2) is 27.6. The van der Waals surface area contributed by atoms with Gasteiger partial charge in [-0.3, -0.25) is 10.5 Å². The fourth-order valence-electron chi connectivity index (χ4n) is 6.07. The fraction of sp³-hybridized carbons (Fsp3) is 0.905. The Balaban J connectivity index is 0. The molecule has 3 N–H and O–H groups in total. The van der Waals surface area contributed by atoms with E-state index >= 15 is 0 Å². The largest absolute Gasteiger partial charge is 1.00 e. The molecule has 0 fully saturated rings. The van der Waals surface area contributed by atoms with Crippen LogP contribution < -0.4 is 40.6 Å². The number of amides is 1. The van der Waals surface area contributed by atoms with Crippen molar-refractivity contribution in [2.75, 3.05) is 18.1 Å². The van der Waals surface area contributed by atoms with E-state index in [9.17, 15) is 9.59 Å². The maximum Gasteiger partial charge on any atom is 1.00 e. The Morgan fingerprint density at radius 1 is 0.975 bits per heavy atom. The zero-order valence-corrected chi connectivity index (χ0v) is 30.5. The molecule has 2 radical (unpaired) electrons. The molecule has 2 atom stereocenters. The zero-order valence-electron chi connectivity index (χ0n) is 27.7. The van der Waals surface area contributed by atoms with Crippen molar-refractivity contribution in [3.63, 3.8) is 0 Å². The van der Waals surface area contributed by atoms with E-state index in [1.807, 2.05) is 0 Å². The summed E-state index contributed by atoms with van der Waals surface area (Å²) in [6.07, 6.45) is 17.5. The predicted octanol–water partition coefficient (Wildman–Crippen LogP) is -6.65. The maximum absolute atomic E-state index is 11.9. The molecule has 19 heteroatoms.